The molecule has 6 heteroatoms. The topological polar surface area (TPSA) is 86.7 Å². The molecule has 6 nitrogen and oxygen atoms in total. The lowest BCUT2D eigenvalue weighted by atomic mass is 10.1. The van der Waals surface area contributed by atoms with Gasteiger partial charge in [0.15, 0.2) is 0 Å². The molecular weight excluding hydrogens is 272 g/mol. The van der Waals surface area contributed by atoms with E-state index in [1.165, 1.54) is 0 Å². The van der Waals surface area contributed by atoms with Crippen molar-refractivity contribution in [2.75, 3.05) is 13.1 Å². The first-order valence-corrected chi connectivity index (χ1v) is 7.59. The lowest BCUT2D eigenvalue weighted by Gasteiger charge is -2.19. The van der Waals surface area contributed by atoms with Gasteiger partial charge in [0.2, 0.25) is 11.8 Å². The summed E-state index contributed by atoms with van der Waals surface area (Å²) in [5, 5.41) is 11.5. The number of rotatable bonds is 8. The molecule has 120 valence electrons. The third-order valence-corrected chi connectivity index (χ3v) is 3.59. The molecule has 0 bridgehead atoms. The van der Waals surface area contributed by atoms with Crippen LogP contribution in [0.1, 0.15) is 46.5 Å². The summed E-state index contributed by atoms with van der Waals surface area (Å²) in [6, 6.07) is -0.0638. The zero-order chi connectivity index (χ0) is 16.0. The highest BCUT2D eigenvalue weighted by Crippen LogP contribution is 2.19. The summed E-state index contributed by atoms with van der Waals surface area (Å²) >= 11 is 0. The number of carbonyl (C=O) groups excluding carboxylic acids is 2. The fraction of sp³-hybridized carbons (Fsp3) is 0.800. The number of carbonyl (C=O) groups is 3. The van der Waals surface area contributed by atoms with E-state index in [1.54, 1.807) is 4.90 Å². The summed E-state index contributed by atoms with van der Waals surface area (Å²) in [5.74, 6) is -0.761. The molecule has 2 atom stereocenters. The van der Waals surface area contributed by atoms with Gasteiger partial charge >= 0.3 is 5.97 Å². The molecule has 1 heterocycles. The van der Waals surface area contributed by atoms with Crippen molar-refractivity contribution in [2.45, 2.75) is 52.5 Å². The van der Waals surface area contributed by atoms with Crippen LogP contribution in [0.2, 0.25) is 0 Å². The van der Waals surface area contributed by atoms with Crippen molar-refractivity contribution >= 4 is 17.8 Å². The van der Waals surface area contributed by atoms with Crippen LogP contribution in [-0.2, 0) is 14.4 Å². The van der Waals surface area contributed by atoms with Gasteiger partial charge in [-0.3, -0.25) is 14.4 Å². The smallest absolute Gasteiger partial charge is 0.303 e. The number of likely N-dealkylation sites (tertiary alicyclic amines) is 1. The Morgan fingerprint density at radius 3 is 2.62 bits per heavy atom. The standard InChI is InChI=1S/C15H26N2O4/c1-10(2)8-17-9-12(7-13(17)18)15(21)16-11(3)5-4-6-14(19)20/h10-12H,4-9H2,1-3H3,(H,16,21)(H,19,20). The summed E-state index contributed by atoms with van der Waals surface area (Å²) < 4.78 is 0. The maximum Gasteiger partial charge on any atom is 0.303 e. The minimum absolute atomic E-state index is 0.0439. The summed E-state index contributed by atoms with van der Waals surface area (Å²) in [6.07, 6.45) is 1.57. The van der Waals surface area contributed by atoms with Crippen LogP contribution in [-0.4, -0.2) is 46.9 Å². The first-order chi connectivity index (χ1) is 9.79. The molecule has 0 aromatic heterocycles. The summed E-state index contributed by atoms with van der Waals surface area (Å²) in [6.45, 7) is 7.14. The predicted molar refractivity (Wildman–Crippen MR) is 78.6 cm³/mol. The molecule has 0 aromatic rings. The highest BCUT2D eigenvalue weighted by molar-refractivity contribution is 5.89. The summed E-state index contributed by atoms with van der Waals surface area (Å²) in [5.41, 5.74) is 0. The maximum absolute atomic E-state index is 12.1. The predicted octanol–water partition coefficient (Wildman–Crippen LogP) is 1.25. The maximum atomic E-state index is 12.1. The molecule has 0 aliphatic carbocycles. The van der Waals surface area contributed by atoms with E-state index in [9.17, 15) is 14.4 Å². The number of hydrogen-bond acceptors (Lipinski definition) is 3. The lowest BCUT2D eigenvalue weighted by molar-refractivity contribution is -0.137. The first-order valence-electron chi connectivity index (χ1n) is 7.59. The van der Waals surface area contributed by atoms with E-state index in [4.69, 9.17) is 5.11 Å². The Bertz CT molecular complexity index is 395. The van der Waals surface area contributed by atoms with Gasteiger partial charge in [0.05, 0.1) is 5.92 Å². The van der Waals surface area contributed by atoms with Crippen LogP contribution in [0.3, 0.4) is 0 Å². The van der Waals surface area contributed by atoms with Gasteiger partial charge in [-0.2, -0.15) is 0 Å². The second-order valence-corrected chi connectivity index (χ2v) is 6.29. The van der Waals surface area contributed by atoms with Crippen LogP contribution in [0, 0.1) is 11.8 Å². The molecule has 21 heavy (non-hydrogen) atoms. The van der Waals surface area contributed by atoms with Gasteiger partial charge in [-0.25, -0.2) is 0 Å². The quantitative estimate of drug-likeness (QED) is 0.706. The van der Waals surface area contributed by atoms with Crippen molar-refractivity contribution in [1.82, 2.24) is 10.2 Å². The minimum Gasteiger partial charge on any atom is -0.481 e. The number of carboxylic acid groups (broad SMARTS) is 1. The minimum atomic E-state index is -0.820. The zero-order valence-corrected chi connectivity index (χ0v) is 13.1. The molecule has 1 aliphatic heterocycles. The van der Waals surface area contributed by atoms with Gasteiger partial charge < -0.3 is 15.3 Å². The summed E-state index contributed by atoms with van der Waals surface area (Å²) in [4.78, 5) is 36.2. The van der Waals surface area contributed by atoms with E-state index in [2.05, 4.69) is 5.32 Å². The van der Waals surface area contributed by atoms with E-state index in [0.29, 0.717) is 31.8 Å². The van der Waals surface area contributed by atoms with Crippen LogP contribution in [0.5, 0.6) is 0 Å². The van der Waals surface area contributed by atoms with E-state index in [-0.39, 0.29) is 36.6 Å². The number of carboxylic acids is 1. The summed E-state index contributed by atoms with van der Waals surface area (Å²) in [7, 11) is 0. The first kappa shape index (κ1) is 17.5. The Morgan fingerprint density at radius 2 is 2.05 bits per heavy atom. The average molecular weight is 298 g/mol. The van der Waals surface area contributed by atoms with E-state index in [1.807, 2.05) is 20.8 Å². The number of nitrogens with one attached hydrogen (secondary N) is 1. The molecule has 2 amide bonds. The number of hydrogen-bond donors (Lipinski definition) is 2. The fourth-order valence-corrected chi connectivity index (χ4v) is 2.56. The second kappa shape index (κ2) is 8.00. The molecule has 1 fully saturated rings. The van der Waals surface area contributed by atoms with Gasteiger partial charge in [0.25, 0.3) is 0 Å². The molecule has 0 spiro atoms. The molecule has 2 N–H and O–H groups in total. The molecular formula is C15H26N2O4. The second-order valence-electron chi connectivity index (χ2n) is 6.29. The SMILES string of the molecule is CC(C)CN1CC(C(=O)NC(C)CCCC(=O)O)CC1=O. The van der Waals surface area contributed by atoms with Crippen molar-refractivity contribution in [1.29, 1.82) is 0 Å². The van der Waals surface area contributed by atoms with E-state index < -0.39 is 5.97 Å². The van der Waals surface area contributed by atoms with Gasteiger partial charge in [-0.15, -0.1) is 0 Å². The molecule has 0 saturated carbocycles. The Labute approximate surface area is 125 Å². The van der Waals surface area contributed by atoms with Crippen molar-refractivity contribution in [3.8, 4) is 0 Å². The lowest BCUT2D eigenvalue weighted by Crippen LogP contribution is -2.38. The van der Waals surface area contributed by atoms with Crippen molar-refractivity contribution in [3.63, 3.8) is 0 Å². The van der Waals surface area contributed by atoms with Gasteiger partial charge in [0, 0.05) is 32.0 Å². The number of amides is 2. The normalized spacial score (nSPS) is 19.9. The molecule has 0 radical (unpaired) electrons. The largest absolute Gasteiger partial charge is 0.481 e. The highest BCUT2D eigenvalue weighted by Gasteiger charge is 2.34. The van der Waals surface area contributed by atoms with E-state index >= 15 is 0 Å². The van der Waals surface area contributed by atoms with Gasteiger partial charge in [-0.1, -0.05) is 13.8 Å². The van der Waals surface area contributed by atoms with Crippen molar-refractivity contribution in [2.24, 2.45) is 11.8 Å². The third-order valence-electron chi connectivity index (χ3n) is 3.59. The molecule has 2 unspecified atom stereocenters. The Balaban J connectivity index is 2.35. The molecule has 1 rings (SSSR count). The average Bonchev–Trinajstić information content (AvgIpc) is 2.69. The van der Waals surface area contributed by atoms with Crippen LogP contribution < -0.4 is 5.32 Å². The fourth-order valence-electron chi connectivity index (χ4n) is 2.56. The van der Waals surface area contributed by atoms with Crippen LogP contribution >= 0.6 is 0 Å². The Morgan fingerprint density at radius 1 is 1.38 bits per heavy atom. The van der Waals surface area contributed by atoms with Crippen LogP contribution in [0.4, 0.5) is 0 Å². The highest BCUT2D eigenvalue weighted by atomic mass is 16.4. The van der Waals surface area contributed by atoms with Gasteiger partial charge in [-0.05, 0) is 25.7 Å². The third kappa shape index (κ3) is 6.14. The molecule has 0 aromatic carbocycles. The number of aliphatic carboxylic acids is 1. The van der Waals surface area contributed by atoms with Crippen LogP contribution in [0.25, 0.3) is 0 Å². The van der Waals surface area contributed by atoms with Crippen LogP contribution in [0.15, 0.2) is 0 Å². The van der Waals surface area contributed by atoms with Crippen molar-refractivity contribution in [3.05, 3.63) is 0 Å². The Hall–Kier alpha value is -1.59. The zero-order valence-electron chi connectivity index (χ0n) is 13.1. The monoisotopic (exact) mass is 298 g/mol. The van der Waals surface area contributed by atoms with Gasteiger partial charge in [0.1, 0.15) is 0 Å². The van der Waals surface area contributed by atoms with Crippen molar-refractivity contribution < 1.29 is 19.5 Å². The molecule has 1 aliphatic rings. The number of nitrogens with zero attached hydrogens (tertiary/aromatic N) is 1. The molecule has 1 saturated heterocycles. The van der Waals surface area contributed by atoms with E-state index in [0.717, 1.165) is 0 Å². The Kier molecular flexibility index (Phi) is 6.65.